The van der Waals surface area contributed by atoms with Crippen molar-refractivity contribution in [3.63, 3.8) is 0 Å². The minimum Gasteiger partial charge on any atom is -0.462 e. The molecule has 0 saturated carbocycles. The van der Waals surface area contributed by atoms with Gasteiger partial charge in [0.25, 0.3) is 0 Å². The summed E-state index contributed by atoms with van der Waals surface area (Å²) in [5, 5.41) is 0. The number of aryl methyl sites for hydroxylation is 1. The minimum atomic E-state index is -1.50. The first-order valence-corrected chi connectivity index (χ1v) is 15.3. The molecule has 0 unspecified atom stereocenters. The van der Waals surface area contributed by atoms with Crippen LogP contribution < -0.4 is 0 Å². The van der Waals surface area contributed by atoms with Gasteiger partial charge in [-0.3, -0.25) is 24.0 Å². The van der Waals surface area contributed by atoms with E-state index in [0.29, 0.717) is 12.0 Å². The maximum absolute atomic E-state index is 13.4. The summed E-state index contributed by atoms with van der Waals surface area (Å²) < 4.78 is 40.5. The predicted molar refractivity (Wildman–Crippen MR) is 166 cm³/mol. The first-order chi connectivity index (χ1) is 21.7. The van der Waals surface area contributed by atoms with Gasteiger partial charge in [-0.2, -0.15) is 0 Å². The molecule has 246 valence electrons. The summed E-state index contributed by atoms with van der Waals surface area (Å²) >= 11 is 1.58. The summed E-state index contributed by atoms with van der Waals surface area (Å²) in [5.41, 5.74) is 3.62. The zero-order valence-electron chi connectivity index (χ0n) is 26.5. The van der Waals surface area contributed by atoms with Crippen LogP contribution in [-0.2, 0) is 60.5 Å². The van der Waals surface area contributed by atoms with Gasteiger partial charge >= 0.3 is 29.8 Å². The summed E-state index contributed by atoms with van der Waals surface area (Å²) in [6.07, 6.45) is -4.95. The predicted octanol–water partition coefficient (Wildman–Crippen LogP) is 5.29. The molecule has 0 N–H and O–H groups in total. The van der Waals surface area contributed by atoms with Crippen LogP contribution in [0.1, 0.15) is 56.2 Å². The van der Waals surface area contributed by atoms with E-state index >= 15 is 0 Å². The van der Waals surface area contributed by atoms with E-state index in [0.717, 1.165) is 54.1 Å². The van der Waals surface area contributed by atoms with E-state index in [9.17, 15) is 28.4 Å². The molecule has 2 aromatic carbocycles. The van der Waals surface area contributed by atoms with Crippen LogP contribution in [0.5, 0.6) is 0 Å². The summed E-state index contributed by atoms with van der Waals surface area (Å²) in [7, 11) is 0. The summed E-state index contributed by atoms with van der Waals surface area (Å²) in [6.45, 7) is 7.11. The third-order valence-corrected chi connectivity index (χ3v) is 7.89. The second-order valence-electron chi connectivity index (χ2n) is 10.7. The second kappa shape index (κ2) is 16.6. The van der Waals surface area contributed by atoms with Gasteiger partial charge in [0.05, 0.1) is 0 Å². The number of halogens is 1. The zero-order chi connectivity index (χ0) is 34.0. The van der Waals surface area contributed by atoms with Gasteiger partial charge < -0.3 is 23.7 Å². The Hall–Kier alpha value is -4.58. The fourth-order valence-electron chi connectivity index (χ4n) is 4.84. The van der Waals surface area contributed by atoms with Crippen LogP contribution in [0.15, 0.2) is 54.6 Å². The lowest BCUT2D eigenvalue weighted by Crippen LogP contribution is -2.53. The molecule has 0 fully saturated rings. The van der Waals surface area contributed by atoms with Gasteiger partial charge in [0, 0.05) is 57.2 Å². The van der Waals surface area contributed by atoms with Crippen LogP contribution >= 0.6 is 11.3 Å². The molecule has 1 heterocycles. The monoisotopic (exact) mass is 656 g/mol. The van der Waals surface area contributed by atoms with E-state index in [1.54, 1.807) is 23.5 Å². The molecule has 0 amide bonds. The van der Waals surface area contributed by atoms with Crippen molar-refractivity contribution in [1.82, 2.24) is 0 Å². The topological polar surface area (TPSA) is 132 Å². The highest BCUT2D eigenvalue weighted by Crippen LogP contribution is 2.31. The van der Waals surface area contributed by atoms with Crippen molar-refractivity contribution in [2.75, 3.05) is 6.61 Å². The summed E-state index contributed by atoms with van der Waals surface area (Å²) in [4.78, 5) is 62.4. The van der Waals surface area contributed by atoms with Crippen molar-refractivity contribution < 1.29 is 52.0 Å². The van der Waals surface area contributed by atoms with Gasteiger partial charge in [-0.25, -0.2) is 4.39 Å². The molecule has 46 heavy (non-hydrogen) atoms. The lowest BCUT2D eigenvalue weighted by atomic mass is 9.94. The highest BCUT2D eigenvalue weighted by molar-refractivity contribution is 7.15. The maximum Gasteiger partial charge on any atom is 0.303 e. The lowest BCUT2D eigenvalue weighted by molar-refractivity contribution is -0.202. The number of benzene rings is 2. The van der Waals surface area contributed by atoms with E-state index in [1.807, 2.05) is 37.3 Å². The van der Waals surface area contributed by atoms with E-state index in [2.05, 4.69) is 0 Å². The number of rotatable bonds is 14. The normalized spacial score (nSPS) is 13.5. The summed E-state index contributed by atoms with van der Waals surface area (Å²) in [5.74, 6) is -4.07. The highest BCUT2D eigenvalue weighted by Gasteiger charge is 2.44. The van der Waals surface area contributed by atoms with Crippen molar-refractivity contribution >= 4 is 41.2 Å². The molecule has 0 radical (unpaired) electrons. The molecule has 0 aliphatic carbocycles. The molecule has 12 heteroatoms. The molecule has 0 aliphatic heterocycles. The number of thiophene rings is 1. The number of hydrogen-bond acceptors (Lipinski definition) is 11. The van der Waals surface area contributed by atoms with E-state index in [1.165, 1.54) is 19.1 Å². The average Bonchev–Trinajstić information content (AvgIpc) is 3.42. The smallest absolute Gasteiger partial charge is 0.303 e. The van der Waals surface area contributed by atoms with Gasteiger partial charge in [-0.1, -0.05) is 30.3 Å². The Labute approximate surface area is 270 Å². The quantitative estimate of drug-likeness (QED) is 0.167. The largest absolute Gasteiger partial charge is 0.462 e. The number of hydrogen-bond donors (Lipinski definition) is 0. The number of esters is 5. The molecule has 0 bridgehead atoms. The number of carbonyl (C=O) groups is 5. The van der Waals surface area contributed by atoms with E-state index in [-0.39, 0.29) is 12.2 Å². The first-order valence-electron chi connectivity index (χ1n) is 14.5. The van der Waals surface area contributed by atoms with Crippen molar-refractivity contribution in [1.29, 1.82) is 0 Å². The van der Waals surface area contributed by atoms with Gasteiger partial charge in [-0.05, 0) is 53.4 Å². The van der Waals surface area contributed by atoms with Gasteiger partial charge in [0.2, 0.25) is 0 Å². The van der Waals surface area contributed by atoms with Crippen LogP contribution in [-0.4, -0.2) is 60.9 Å². The molecule has 0 saturated heterocycles. The minimum absolute atomic E-state index is 0.0220. The average molecular weight is 657 g/mol. The van der Waals surface area contributed by atoms with Crippen LogP contribution in [0.25, 0.3) is 10.4 Å². The van der Waals surface area contributed by atoms with Gasteiger partial charge in [-0.15, -0.1) is 11.3 Å². The fourth-order valence-corrected chi connectivity index (χ4v) is 5.88. The van der Waals surface area contributed by atoms with Crippen LogP contribution in [0.3, 0.4) is 0 Å². The van der Waals surface area contributed by atoms with E-state index in [4.69, 9.17) is 23.7 Å². The Morgan fingerprint density at radius 2 is 1.26 bits per heavy atom. The van der Waals surface area contributed by atoms with Crippen molar-refractivity contribution in [2.45, 2.75) is 78.8 Å². The summed E-state index contributed by atoms with van der Waals surface area (Å²) in [6, 6.07) is 16.0. The molecule has 1 aromatic heterocycles. The van der Waals surface area contributed by atoms with Crippen LogP contribution in [0.2, 0.25) is 0 Å². The molecule has 4 atom stereocenters. The molecule has 0 spiro atoms. The molecular weight excluding hydrogens is 619 g/mol. The zero-order valence-corrected chi connectivity index (χ0v) is 27.3. The Kier molecular flexibility index (Phi) is 13.0. The van der Waals surface area contributed by atoms with Crippen molar-refractivity contribution in [3.05, 3.63) is 82.0 Å². The van der Waals surface area contributed by atoms with Gasteiger partial charge in [0.15, 0.2) is 18.3 Å². The Bertz CT molecular complexity index is 1550. The third-order valence-electron chi connectivity index (χ3n) is 6.75. The molecule has 0 aliphatic rings. The van der Waals surface area contributed by atoms with Crippen molar-refractivity contribution in [3.8, 4) is 10.4 Å². The van der Waals surface area contributed by atoms with Crippen molar-refractivity contribution in [2.24, 2.45) is 0 Å². The van der Waals surface area contributed by atoms with E-state index < -0.39 is 60.9 Å². The lowest BCUT2D eigenvalue weighted by Gasteiger charge is -2.35. The van der Waals surface area contributed by atoms with Crippen LogP contribution in [0, 0.1) is 12.7 Å². The Morgan fingerprint density at radius 1 is 0.696 bits per heavy atom. The standard InChI is InChI=1S/C34H37FO10S/c1-19-7-8-25(15-27(19)17-29-13-14-32(46-29)26-9-11-28(35)12-10-26)16-30(42-21(3)37)33(44-23(5)39)34(45-24(6)40)31(43-22(4)38)18-41-20(2)36/h7-15,30-31,33-34H,16-18H2,1-6H3/t30-,31+,33+,34+/m0/s1. The molecule has 3 aromatic rings. The highest BCUT2D eigenvalue weighted by atomic mass is 32.1. The third kappa shape index (κ3) is 11.1. The van der Waals surface area contributed by atoms with Gasteiger partial charge in [0.1, 0.15) is 18.5 Å². The maximum atomic E-state index is 13.4. The first kappa shape index (κ1) is 35.9. The van der Waals surface area contributed by atoms with Crippen LogP contribution in [0.4, 0.5) is 4.39 Å². The fraction of sp³-hybridized carbons (Fsp3) is 0.382. The molecule has 10 nitrogen and oxygen atoms in total. The SMILES string of the molecule is CC(=O)OC[C@@H](OC(C)=O)[C@@H](OC(C)=O)[C@H](OC(C)=O)[C@H](Cc1ccc(C)c(Cc2ccc(-c3ccc(F)cc3)s2)c1)OC(C)=O. The molecule has 3 rings (SSSR count). The Balaban J connectivity index is 1.97. The Morgan fingerprint density at radius 3 is 1.83 bits per heavy atom. The second-order valence-corrected chi connectivity index (χ2v) is 11.8. The number of ether oxygens (including phenoxy) is 5. The number of carbonyl (C=O) groups excluding carboxylic acids is 5. The molecular formula is C34H37FO10S.